The van der Waals surface area contributed by atoms with Gasteiger partial charge in [0.25, 0.3) is 5.91 Å². The summed E-state index contributed by atoms with van der Waals surface area (Å²) in [5.41, 5.74) is 13.8. The summed E-state index contributed by atoms with van der Waals surface area (Å²) in [6.07, 6.45) is 0. The summed E-state index contributed by atoms with van der Waals surface area (Å²) in [6, 6.07) is 7.19. The Kier molecular flexibility index (Phi) is 3.43. The van der Waals surface area contributed by atoms with Gasteiger partial charge in [0.1, 0.15) is 0 Å². The highest BCUT2D eigenvalue weighted by Gasteiger charge is 2.12. The van der Waals surface area contributed by atoms with Gasteiger partial charge in [-0.25, -0.2) is 0 Å². The highest BCUT2D eigenvalue weighted by molar-refractivity contribution is 6.08. The number of hydrogen-bond acceptors (Lipinski definition) is 4. The van der Waals surface area contributed by atoms with Crippen LogP contribution in [0, 0.1) is 6.92 Å². The predicted octanol–water partition coefficient (Wildman–Crippen LogP) is 0.814. The summed E-state index contributed by atoms with van der Waals surface area (Å²) in [5.74, 6) is -0.151. The first-order valence-corrected chi connectivity index (χ1v) is 5.77. The van der Waals surface area contributed by atoms with E-state index < -0.39 is 0 Å². The number of nitrogens with one attached hydrogen (secondary N) is 1. The number of pyridine rings is 1. The first-order valence-electron chi connectivity index (χ1n) is 5.77. The quantitative estimate of drug-likeness (QED) is 0.696. The standard InChI is InChI=1S/C13H16N4O/c1-8-7-10(13(18)16-6-5-14)9-3-2-4-11(15)12(9)17-8/h2-4,7H,5-6,14-15H2,1H3,(H,16,18). The minimum Gasteiger partial charge on any atom is -0.397 e. The van der Waals surface area contributed by atoms with E-state index in [1.54, 1.807) is 12.1 Å². The van der Waals surface area contributed by atoms with Crippen LogP contribution in [0.1, 0.15) is 16.1 Å². The number of carbonyl (C=O) groups is 1. The van der Waals surface area contributed by atoms with Gasteiger partial charge in [0.2, 0.25) is 0 Å². The second-order valence-corrected chi connectivity index (χ2v) is 4.10. The van der Waals surface area contributed by atoms with Crippen LogP contribution in [0.2, 0.25) is 0 Å². The normalized spacial score (nSPS) is 10.6. The van der Waals surface area contributed by atoms with E-state index in [1.807, 2.05) is 19.1 Å². The van der Waals surface area contributed by atoms with Crippen molar-refractivity contribution in [2.24, 2.45) is 5.73 Å². The molecule has 1 aromatic heterocycles. The summed E-state index contributed by atoms with van der Waals surface area (Å²) in [4.78, 5) is 16.4. The summed E-state index contributed by atoms with van der Waals surface area (Å²) in [5, 5.41) is 3.51. The van der Waals surface area contributed by atoms with Crippen LogP contribution in [0.4, 0.5) is 5.69 Å². The Hall–Kier alpha value is -2.14. The molecule has 0 bridgehead atoms. The summed E-state index contributed by atoms with van der Waals surface area (Å²) < 4.78 is 0. The molecular weight excluding hydrogens is 228 g/mol. The number of rotatable bonds is 3. The van der Waals surface area contributed by atoms with E-state index >= 15 is 0 Å². The monoisotopic (exact) mass is 244 g/mol. The maximum Gasteiger partial charge on any atom is 0.252 e. The number of carbonyl (C=O) groups excluding carboxylic acids is 1. The van der Waals surface area contributed by atoms with E-state index in [0.717, 1.165) is 11.1 Å². The lowest BCUT2D eigenvalue weighted by atomic mass is 10.1. The molecule has 18 heavy (non-hydrogen) atoms. The predicted molar refractivity (Wildman–Crippen MR) is 72.3 cm³/mol. The van der Waals surface area contributed by atoms with Gasteiger partial charge >= 0.3 is 0 Å². The number of aromatic nitrogens is 1. The third kappa shape index (κ3) is 2.26. The van der Waals surface area contributed by atoms with Gasteiger partial charge in [-0.1, -0.05) is 12.1 Å². The largest absolute Gasteiger partial charge is 0.397 e. The van der Waals surface area contributed by atoms with Crippen LogP contribution in [0.25, 0.3) is 10.9 Å². The van der Waals surface area contributed by atoms with Crippen LogP contribution in [0.15, 0.2) is 24.3 Å². The molecular formula is C13H16N4O. The molecule has 0 spiro atoms. The first-order chi connectivity index (χ1) is 8.63. The van der Waals surface area contributed by atoms with Gasteiger partial charge in [0.05, 0.1) is 16.8 Å². The van der Waals surface area contributed by atoms with Crippen molar-refractivity contribution in [1.82, 2.24) is 10.3 Å². The molecule has 0 aliphatic heterocycles. The Bertz CT molecular complexity index is 595. The molecule has 0 saturated heterocycles. The fourth-order valence-corrected chi connectivity index (χ4v) is 1.87. The molecule has 2 aromatic rings. The van der Waals surface area contributed by atoms with E-state index in [9.17, 15) is 4.79 Å². The van der Waals surface area contributed by atoms with E-state index in [2.05, 4.69) is 10.3 Å². The van der Waals surface area contributed by atoms with Gasteiger partial charge in [-0.05, 0) is 19.1 Å². The lowest BCUT2D eigenvalue weighted by Gasteiger charge is -2.09. The van der Waals surface area contributed by atoms with Crippen molar-refractivity contribution in [3.63, 3.8) is 0 Å². The van der Waals surface area contributed by atoms with Crippen molar-refractivity contribution < 1.29 is 4.79 Å². The second-order valence-electron chi connectivity index (χ2n) is 4.10. The smallest absolute Gasteiger partial charge is 0.252 e. The number of para-hydroxylation sites is 1. The molecule has 1 heterocycles. The highest BCUT2D eigenvalue weighted by atomic mass is 16.1. The van der Waals surface area contributed by atoms with Crippen molar-refractivity contribution in [3.05, 3.63) is 35.5 Å². The van der Waals surface area contributed by atoms with Crippen LogP contribution in [0.3, 0.4) is 0 Å². The third-order valence-electron chi connectivity index (χ3n) is 2.67. The number of nitrogens with two attached hydrogens (primary N) is 2. The molecule has 5 N–H and O–H groups in total. The zero-order chi connectivity index (χ0) is 13.1. The first kappa shape index (κ1) is 12.3. The number of aryl methyl sites for hydroxylation is 1. The number of anilines is 1. The number of hydrogen-bond donors (Lipinski definition) is 3. The van der Waals surface area contributed by atoms with Crippen molar-refractivity contribution in [3.8, 4) is 0 Å². The maximum absolute atomic E-state index is 12.0. The molecule has 0 saturated carbocycles. The Balaban J connectivity index is 2.56. The van der Waals surface area contributed by atoms with Gasteiger partial charge in [-0.3, -0.25) is 9.78 Å². The van der Waals surface area contributed by atoms with Crippen LogP contribution >= 0.6 is 0 Å². The van der Waals surface area contributed by atoms with Crippen LogP contribution < -0.4 is 16.8 Å². The molecule has 1 aromatic carbocycles. The summed E-state index contributed by atoms with van der Waals surface area (Å²) in [6.45, 7) is 2.70. The SMILES string of the molecule is Cc1cc(C(=O)NCCN)c2cccc(N)c2n1. The number of nitrogen functional groups attached to an aromatic ring is 1. The Labute approximate surface area is 105 Å². The molecule has 94 valence electrons. The minimum atomic E-state index is -0.151. The summed E-state index contributed by atoms with van der Waals surface area (Å²) in [7, 11) is 0. The van der Waals surface area contributed by atoms with Crippen molar-refractivity contribution >= 4 is 22.5 Å². The molecule has 0 aliphatic carbocycles. The molecule has 0 radical (unpaired) electrons. The minimum absolute atomic E-state index is 0.151. The molecule has 5 nitrogen and oxygen atoms in total. The van der Waals surface area contributed by atoms with Crippen LogP contribution in [-0.2, 0) is 0 Å². The topological polar surface area (TPSA) is 94.0 Å². The average molecular weight is 244 g/mol. The van der Waals surface area contributed by atoms with Gasteiger partial charge in [0.15, 0.2) is 0 Å². The Morgan fingerprint density at radius 1 is 1.44 bits per heavy atom. The molecule has 0 aliphatic rings. The van der Waals surface area contributed by atoms with Gasteiger partial charge in [-0.15, -0.1) is 0 Å². The average Bonchev–Trinajstić information content (AvgIpc) is 2.36. The number of amides is 1. The van der Waals surface area contributed by atoms with E-state index in [4.69, 9.17) is 11.5 Å². The fourth-order valence-electron chi connectivity index (χ4n) is 1.87. The van der Waals surface area contributed by atoms with Crippen LogP contribution in [-0.4, -0.2) is 24.0 Å². The molecule has 2 rings (SSSR count). The summed E-state index contributed by atoms with van der Waals surface area (Å²) >= 11 is 0. The molecule has 0 atom stereocenters. The fraction of sp³-hybridized carbons (Fsp3) is 0.231. The zero-order valence-electron chi connectivity index (χ0n) is 10.2. The van der Waals surface area contributed by atoms with E-state index in [0.29, 0.717) is 29.9 Å². The lowest BCUT2D eigenvalue weighted by molar-refractivity contribution is 0.0956. The number of benzene rings is 1. The highest BCUT2D eigenvalue weighted by Crippen LogP contribution is 2.23. The molecule has 0 fully saturated rings. The van der Waals surface area contributed by atoms with E-state index in [1.165, 1.54) is 0 Å². The van der Waals surface area contributed by atoms with Crippen molar-refractivity contribution in [2.75, 3.05) is 18.8 Å². The van der Waals surface area contributed by atoms with Crippen molar-refractivity contribution in [1.29, 1.82) is 0 Å². The third-order valence-corrected chi connectivity index (χ3v) is 2.67. The number of fused-ring (bicyclic) bond motifs is 1. The molecule has 5 heteroatoms. The second kappa shape index (κ2) is 5.01. The maximum atomic E-state index is 12.0. The van der Waals surface area contributed by atoms with Gasteiger partial charge in [-0.2, -0.15) is 0 Å². The van der Waals surface area contributed by atoms with Gasteiger partial charge in [0, 0.05) is 24.2 Å². The van der Waals surface area contributed by atoms with E-state index in [-0.39, 0.29) is 5.91 Å². The molecule has 1 amide bonds. The van der Waals surface area contributed by atoms with Crippen molar-refractivity contribution in [2.45, 2.75) is 6.92 Å². The Morgan fingerprint density at radius 2 is 2.22 bits per heavy atom. The zero-order valence-corrected chi connectivity index (χ0v) is 10.2. The lowest BCUT2D eigenvalue weighted by Crippen LogP contribution is -2.29. The van der Waals surface area contributed by atoms with Gasteiger partial charge < -0.3 is 16.8 Å². The number of nitrogens with zero attached hydrogens (tertiary/aromatic N) is 1. The molecule has 0 unspecified atom stereocenters. The Morgan fingerprint density at radius 3 is 2.94 bits per heavy atom. The van der Waals surface area contributed by atoms with Crippen LogP contribution in [0.5, 0.6) is 0 Å².